The fraction of sp³-hybridized carbons (Fsp3) is 0.381. The zero-order valence-corrected chi connectivity index (χ0v) is 17.0. The van der Waals surface area contributed by atoms with Crippen LogP contribution in [0.5, 0.6) is 6.01 Å². The number of rotatable bonds is 5. The maximum atomic E-state index is 5.64. The summed E-state index contributed by atoms with van der Waals surface area (Å²) in [7, 11) is 2.08. The Bertz CT molecular complexity index is 1210. The van der Waals surface area contributed by atoms with Gasteiger partial charge in [-0.25, -0.2) is 9.97 Å². The summed E-state index contributed by atoms with van der Waals surface area (Å²) in [6.07, 6.45) is 1.01. The Hall–Kier alpha value is -3.29. The lowest BCUT2D eigenvalue weighted by Gasteiger charge is -2.09. The first-order valence-electron chi connectivity index (χ1n) is 9.89. The normalized spacial score (nSPS) is 18.3. The summed E-state index contributed by atoms with van der Waals surface area (Å²) in [6.45, 7) is 6.23. The number of nitrogens with zero attached hydrogens (tertiary/aromatic N) is 7. The monoisotopic (exact) mass is 389 g/mol. The number of aryl methyl sites for hydroxylation is 3. The van der Waals surface area contributed by atoms with Gasteiger partial charge in [-0.15, -0.1) is 5.10 Å². The van der Waals surface area contributed by atoms with Gasteiger partial charge in [0.15, 0.2) is 5.82 Å². The lowest BCUT2D eigenvalue weighted by Crippen LogP contribution is -2.08. The topological polar surface area (TPSA) is 83.5 Å². The van der Waals surface area contributed by atoms with Crippen molar-refractivity contribution in [3.8, 4) is 11.8 Å². The van der Waals surface area contributed by atoms with E-state index in [4.69, 9.17) is 9.72 Å². The minimum Gasteiger partial charge on any atom is -0.464 e. The van der Waals surface area contributed by atoms with Gasteiger partial charge in [0.05, 0.1) is 23.3 Å². The number of aromatic nitrogens is 7. The molecular weight excluding hydrogens is 366 g/mol. The van der Waals surface area contributed by atoms with Gasteiger partial charge in [0.1, 0.15) is 17.5 Å². The number of hydrogen-bond donors (Lipinski definition) is 0. The summed E-state index contributed by atoms with van der Waals surface area (Å²) in [5, 5.41) is 4.47. The molecule has 0 radical (unpaired) electrons. The lowest BCUT2D eigenvalue weighted by atomic mass is 10.2. The minimum atomic E-state index is 0.288. The van der Waals surface area contributed by atoms with Crippen LogP contribution in [0.1, 0.15) is 48.3 Å². The fourth-order valence-electron chi connectivity index (χ4n) is 3.96. The summed E-state index contributed by atoms with van der Waals surface area (Å²) in [4.78, 5) is 18.5. The molecule has 8 nitrogen and oxygen atoms in total. The van der Waals surface area contributed by atoms with Crippen LogP contribution in [-0.2, 0) is 7.05 Å². The molecule has 2 atom stereocenters. The van der Waals surface area contributed by atoms with Crippen LogP contribution in [0.4, 0.5) is 0 Å². The average Bonchev–Trinajstić information content (AvgIpc) is 3.33. The number of fused-ring (bicyclic) bond motifs is 1. The van der Waals surface area contributed by atoms with Crippen molar-refractivity contribution in [2.24, 2.45) is 7.05 Å². The second-order valence-electron chi connectivity index (χ2n) is 7.45. The van der Waals surface area contributed by atoms with E-state index >= 15 is 0 Å². The van der Waals surface area contributed by atoms with E-state index in [1.54, 1.807) is 4.68 Å². The van der Waals surface area contributed by atoms with Gasteiger partial charge in [-0.2, -0.15) is 14.6 Å². The maximum Gasteiger partial charge on any atom is 0.318 e. The van der Waals surface area contributed by atoms with Crippen LogP contribution in [0.15, 0.2) is 30.3 Å². The first kappa shape index (κ1) is 17.8. The van der Waals surface area contributed by atoms with Crippen LogP contribution < -0.4 is 4.74 Å². The minimum absolute atomic E-state index is 0.288. The predicted molar refractivity (Wildman–Crippen MR) is 108 cm³/mol. The van der Waals surface area contributed by atoms with E-state index in [1.165, 1.54) is 0 Å². The molecular formula is C21H23N7O. The smallest absolute Gasteiger partial charge is 0.318 e. The summed E-state index contributed by atoms with van der Waals surface area (Å²) in [5.41, 5.74) is 3.14. The third-order valence-corrected chi connectivity index (χ3v) is 5.40. The second-order valence-corrected chi connectivity index (χ2v) is 7.45. The molecule has 1 saturated carbocycles. The van der Waals surface area contributed by atoms with E-state index in [9.17, 15) is 0 Å². The summed E-state index contributed by atoms with van der Waals surface area (Å²) < 4.78 is 9.58. The number of hydrogen-bond acceptors (Lipinski definition) is 6. The predicted octanol–water partition coefficient (Wildman–Crippen LogP) is 3.23. The molecule has 1 aromatic carbocycles. The molecule has 148 valence electrons. The molecule has 5 rings (SSSR count). The van der Waals surface area contributed by atoms with Crippen molar-refractivity contribution in [3.63, 3.8) is 0 Å². The van der Waals surface area contributed by atoms with Gasteiger partial charge in [-0.1, -0.05) is 12.1 Å². The molecule has 0 saturated heterocycles. The molecule has 0 bridgehead atoms. The first-order valence-corrected chi connectivity index (χ1v) is 9.89. The molecule has 0 N–H and O–H groups in total. The van der Waals surface area contributed by atoms with Gasteiger partial charge in [-0.3, -0.25) is 0 Å². The zero-order valence-electron chi connectivity index (χ0n) is 17.0. The lowest BCUT2D eigenvalue weighted by molar-refractivity contribution is 0.310. The third-order valence-electron chi connectivity index (χ3n) is 5.40. The van der Waals surface area contributed by atoms with E-state index in [0.29, 0.717) is 30.2 Å². The van der Waals surface area contributed by atoms with Gasteiger partial charge < -0.3 is 9.30 Å². The number of ether oxygens (including phenoxy) is 1. The highest BCUT2D eigenvalue weighted by molar-refractivity contribution is 5.76. The molecule has 0 spiro atoms. The van der Waals surface area contributed by atoms with E-state index in [2.05, 4.69) is 43.8 Å². The fourth-order valence-corrected chi connectivity index (χ4v) is 3.96. The van der Waals surface area contributed by atoms with Crippen molar-refractivity contribution in [2.45, 2.75) is 39.0 Å². The molecule has 0 unspecified atom stereocenters. The van der Waals surface area contributed by atoms with Crippen LogP contribution in [-0.4, -0.2) is 40.9 Å². The zero-order chi connectivity index (χ0) is 20.1. The standard InChI is InChI=1S/C21H23N7O/c1-5-29-21-24-17(11-19(25-21)28-13(3)22-12(2)26-28)14-10-15(14)20-23-16-8-6-7-9-18(16)27(20)4/h6-9,11,14-15H,5,10H2,1-4H3/t14-,15-/m0/s1. The number of benzene rings is 1. The Kier molecular flexibility index (Phi) is 4.08. The van der Waals surface area contributed by atoms with Crippen LogP contribution in [0.3, 0.4) is 0 Å². The van der Waals surface area contributed by atoms with Crippen LogP contribution in [0.2, 0.25) is 0 Å². The van der Waals surface area contributed by atoms with Gasteiger partial charge in [0.2, 0.25) is 0 Å². The summed E-state index contributed by atoms with van der Waals surface area (Å²) in [6, 6.07) is 10.6. The van der Waals surface area contributed by atoms with E-state index in [1.807, 2.05) is 39.0 Å². The van der Waals surface area contributed by atoms with Crippen LogP contribution in [0, 0.1) is 13.8 Å². The van der Waals surface area contributed by atoms with E-state index < -0.39 is 0 Å². The Morgan fingerprint density at radius 2 is 1.90 bits per heavy atom. The van der Waals surface area contributed by atoms with Gasteiger partial charge in [0.25, 0.3) is 0 Å². The molecule has 8 heteroatoms. The van der Waals surface area contributed by atoms with Crippen molar-refractivity contribution in [2.75, 3.05) is 6.61 Å². The van der Waals surface area contributed by atoms with Gasteiger partial charge in [0, 0.05) is 24.9 Å². The summed E-state index contributed by atoms with van der Waals surface area (Å²) >= 11 is 0. The van der Waals surface area contributed by atoms with Crippen molar-refractivity contribution in [1.82, 2.24) is 34.3 Å². The molecule has 0 amide bonds. The highest BCUT2D eigenvalue weighted by atomic mass is 16.5. The van der Waals surface area contributed by atoms with Crippen LogP contribution in [0.25, 0.3) is 16.9 Å². The van der Waals surface area contributed by atoms with Crippen molar-refractivity contribution < 1.29 is 4.74 Å². The molecule has 29 heavy (non-hydrogen) atoms. The molecule has 1 fully saturated rings. The van der Waals surface area contributed by atoms with Crippen LogP contribution >= 0.6 is 0 Å². The van der Waals surface area contributed by atoms with Crippen molar-refractivity contribution in [1.29, 1.82) is 0 Å². The van der Waals surface area contributed by atoms with Gasteiger partial charge in [-0.05, 0) is 39.3 Å². The van der Waals surface area contributed by atoms with Crippen molar-refractivity contribution >= 4 is 11.0 Å². The Morgan fingerprint density at radius 3 is 2.62 bits per heavy atom. The molecule has 1 aliphatic carbocycles. The quantitative estimate of drug-likeness (QED) is 0.521. The molecule has 0 aliphatic heterocycles. The Morgan fingerprint density at radius 1 is 1.07 bits per heavy atom. The molecule has 4 aromatic rings. The first-order chi connectivity index (χ1) is 14.0. The van der Waals surface area contributed by atoms with Gasteiger partial charge >= 0.3 is 6.01 Å². The molecule has 1 aliphatic rings. The maximum absolute atomic E-state index is 5.64. The Balaban J connectivity index is 1.52. The third kappa shape index (κ3) is 3.04. The second kappa shape index (κ2) is 6.65. The summed E-state index contributed by atoms with van der Waals surface area (Å²) in [5.74, 6) is 3.91. The average molecular weight is 389 g/mol. The highest BCUT2D eigenvalue weighted by Crippen LogP contribution is 2.54. The highest BCUT2D eigenvalue weighted by Gasteiger charge is 2.44. The SMILES string of the molecule is CCOc1nc([C@H]2C[C@@H]2c2nc3ccccc3n2C)cc(-n2nc(C)nc2C)n1. The number of imidazole rings is 1. The molecule has 3 heterocycles. The van der Waals surface area contributed by atoms with Crippen molar-refractivity contribution in [3.05, 3.63) is 53.5 Å². The number of para-hydroxylation sites is 2. The Labute approximate surface area is 168 Å². The van der Waals surface area contributed by atoms with E-state index in [0.717, 1.165) is 34.8 Å². The van der Waals surface area contributed by atoms with E-state index in [-0.39, 0.29) is 5.92 Å². The largest absolute Gasteiger partial charge is 0.464 e. The molecule has 3 aromatic heterocycles.